The summed E-state index contributed by atoms with van der Waals surface area (Å²) in [6.45, 7) is 3.55. The molecule has 3 aromatic rings. The molecule has 0 fully saturated rings. The van der Waals surface area contributed by atoms with Gasteiger partial charge in [-0.2, -0.15) is 0 Å². The highest BCUT2D eigenvalue weighted by atomic mass is 79.9. The van der Waals surface area contributed by atoms with Gasteiger partial charge in [-0.25, -0.2) is 8.78 Å². The van der Waals surface area contributed by atoms with Gasteiger partial charge >= 0.3 is 0 Å². The molecule has 3 rings (SSSR count). The minimum absolute atomic E-state index is 0.0997. The number of hydrogen-bond acceptors (Lipinski definition) is 3. The number of benzene rings is 2. The van der Waals surface area contributed by atoms with Crippen LogP contribution in [0.2, 0.25) is 0 Å². The summed E-state index contributed by atoms with van der Waals surface area (Å²) < 4.78 is 34.5. The van der Waals surface area contributed by atoms with Crippen molar-refractivity contribution in [2.24, 2.45) is 5.92 Å². The van der Waals surface area contributed by atoms with E-state index >= 15 is 0 Å². The Labute approximate surface area is 187 Å². The van der Waals surface area contributed by atoms with Gasteiger partial charge in [-0.1, -0.05) is 48.0 Å². The molecule has 8 heteroatoms. The van der Waals surface area contributed by atoms with E-state index in [0.29, 0.717) is 11.5 Å². The summed E-state index contributed by atoms with van der Waals surface area (Å²) in [5.74, 6) is -2.58. The normalized spacial score (nSPS) is 11.9. The van der Waals surface area contributed by atoms with Crippen LogP contribution >= 0.6 is 15.9 Å². The molecule has 1 atom stereocenters. The number of halogens is 3. The van der Waals surface area contributed by atoms with Gasteiger partial charge in [0.05, 0.1) is 6.54 Å². The van der Waals surface area contributed by atoms with Crippen LogP contribution in [-0.2, 0) is 11.3 Å². The second-order valence-electron chi connectivity index (χ2n) is 7.28. The van der Waals surface area contributed by atoms with E-state index < -0.39 is 35.1 Å². The molecule has 162 valence electrons. The highest BCUT2D eigenvalue weighted by molar-refractivity contribution is 9.10. The van der Waals surface area contributed by atoms with Gasteiger partial charge in [0, 0.05) is 10.0 Å². The number of furan rings is 1. The van der Waals surface area contributed by atoms with Gasteiger partial charge in [-0.15, -0.1) is 0 Å². The number of nitrogens with one attached hydrogen (secondary N) is 2. The number of amides is 2. The Morgan fingerprint density at radius 2 is 1.65 bits per heavy atom. The van der Waals surface area contributed by atoms with E-state index in [9.17, 15) is 18.4 Å². The van der Waals surface area contributed by atoms with Crippen molar-refractivity contribution in [1.29, 1.82) is 0 Å². The fourth-order valence-corrected chi connectivity index (χ4v) is 3.25. The van der Waals surface area contributed by atoms with Crippen LogP contribution < -0.4 is 10.6 Å². The summed E-state index contributed by atoms with van der Waals surface area (Å²) in [5.41, 5.74) is 0.172. The maximum atomic E-state index is 13.9. The Balaban J connectivity index is 1.65. The van der Waals surface area contributed by atoms with Gasteiger partial charge < -0.3 is 15.1 Å². The Hall–Kier alpha value is -3.00. The first kappa shape index (κ1) is 22.7. The van der Waals surface area contributed by atoms with Crippen molar-refractivity contribution in [3.63, 3.8) is 0 Å². The lowest BCUT2D eigenvalue weighted by molar-refractivity contribution is -0.124. The Bertz CT molecular complexity index is 1060. The largest absolute Gasteiger partial charge is 0.459 e. The second-order valence-corrected chi connectivity index (χ2v) is 8.20. The minimum atomic E-state index is -0.989. The quantitative estimate of drug-likeness (QED) is 0.486. The number of rotatable bonds is 7. The summed E-state index contributed by atoms with van der Waals surface area (Å²) >= 11 is 3.38. The van der Waals surface area contributed by atoms with E-state index in [0.717, 1.165) is 22.2 Å². The molecule has 5 nitrogen and oxygen atoms in total. The SMILES string of the molecule is CC(C)[C@H](NC(=O)c1c(F)cccc1F)C(=O)NCc1ccc(-c2ccc(Br)cc2)o1. The average Bonchev–Trinajstić information content (AvgIpc) is 3.19. The van der Waals surface area contributed by atoms with Gasteiger partial charge in [-0.3, -0.25) is 9.59 Å². The van der Waals surface area contributed by atoms with Crippen LogP contribution in [0.1, 0.15) is 30.0 Å². The van der Waals surface area contributed by atoms with Gasteiger partial charge in [0.15, 0.2) is 0 Å². The molecule has 2 amide bonds. The Kier molecular flexibility index (Phi) is 7.22. The fourth-order valence-electron chi connectivity index (χ4n) is 2.99. The van der Waals surface area contributed by atoms with Crippen LogP contribution in [0.25, 0.3) is 11.3 Å². The van der Waals surface area contributed by atoms with Gasteiger partial charge in [0.1, 0.15) is 34.8 Å². The predicted molar refractivity (Wildman–Crippen MR) is 116 cm³/mol. The lowest BCUT2D eigenvalue weighted by Gasteiger charge is -2.21. The topological polar surface area (TPSA) is 71.3 Å². The third-order valence-corrected chi connectivity index (χ3v) is 5.18. The molecule has 0 saturated carbocycles. The molecule has 0 spiro atoms. The maximum absolute atomic E-state index is 13.9. The van der Waals surface area contributed by atoms with E-state index in [4.69, 9.17) is 4.42 Å². The zero-order valence-electron chi connectivity index (χ0n) is 16.9. The molecule has 0 aliphatic carbocycles. The summed E-state index contributed by atoms with van der Waals surface area (Å²) in [6.07, 6.45) is 0. The fraction of sp³-hybridized carbons (Fsp3) is 0.217. The molecule has 2 aromatic carbocycles. The highest BCUT2D eigenvalue weighted by Crippen LogP contribution is 2.24. The molecular weight excluding hydrogens is 470 g/mol. The van der Waals surface area contributed by atoms with Crippen molar-refractivity contribution in [2.45, 2.75) is 26.4 Å². The summed E-state index contributed by atoms with van der Waals surface area (Å²) in [7, 11) is 0. The Morgan fingerprint density at radius 3 is 2.26 bits per heavy atom. The molecular formula is C23H21BrF2N2O3. The van der Waals surface area contributed by atoms with E-state index in [-0.39, 0.29) is 12.5 Å². The van der Waals surface area contributed by atoms with Gasteiger partial charge in [0.25, 0.3) is 5.91 Å². The van der Waals surface area contributed by atoms with Crippen LogP contribution in [0.5, 0.6) is 0 Å². The molecule has 0 saturated heterocycles. The monoisotopic (exact) mass is 490 g/mol. The van der Waals surface area contributed by atoms with Crippen LogP contribution in [0.15, 0.2) is 63.5 Å². The molecule has 2 N–H and O–H groups in total. The van der Waals surface area contributed by atoms with E-state index in [1.165, 1.54) is 6.07 Å². The van der Waals surface area contributed by atoms with Gasteiger partial charge in [0.2, 0.25) is 5.91 Å². The van der Waals surface area contributed by atoms with Gasteiger partial charge in [-0.05, 0) is 42.3 Å². The lowest BCUT2D eigenvalue weighted by atomic mass is 10.0. The van der Waals surface area contributed by atoms with E-state index in [1.54, 1.807) is 26.0 Å². The van der Waals surface area contributed by atoms with Crippen molar-refractivity contribution in [1.82, 2.24) is 10.6 Å². The van der Waals surface area contributed by atoms with Crippen molar-refractivity contribution < 1.29 is 22.8 Å². The third kappa shape index (κ3) is 5.58. The van der Waals surface area contributed by atoms with Crippen molar-refractivity contribution in [3.05, 3.63) is 82.0 Å². The number of carbonyl (C=O) groups is 2. The first-order valence-corrected chi connectivity index (χ1v) is 10.4. The summed E-state index contributed by atoms with van der Waals surface area (Å²) in [5, 5.41) is 5.12. The zero-order valence-corrected chi connectivity index (χ0v) is 18.5. The molecule has 0 aliphatic rings. The molecule has 0 unspecified atom stereocenters. The van der Waals surface area contributed by atoms with E-state index in [2.05, 4.69) is 26.6 Å². The Morgan fingerprint density at radius 1 is 1.00 bits per heavy atom. The van der Waals surface area contributed by atoms with Crippen LogP contribution in [0.3, 0.4) is 0 Å². The smallest absolute Gasteiger partial charge is 0.257 e. The molecule has 0 aliphatic heterocycles. The maximum Gasteiger partial charge on any atom is 0.257 e. The first-order valence-electron chi connectivity index (χ1n) is 9.63. The molecule has 1 heterocycles. The summed E-state index contributed by atoms with van der Waals surface area (Å²) in [6, 6.07) is 13.3. The van der Waals surface area contributed by atoms with Crippen LogP contribution in [0, 0.1) is 17.6 Å². The third-order valence-electron chi connectivity index (χ3n) is 4.65. The lowest BCUT2D eigenvalue weighted by Crippen LogP contribution is -2.49. The molecule has 0 bridgehead atoms. The molecule has 31 heavy (non-hydrogen) atoms. The zero-order chi connectivity index (χ0) is 22.5. The average molecular weight is 491 g/mol. The standard InChI is InChI=1S/C23H21BrF2N2O3/c1-13(2)21(28-22(29)20-17(25)4-3-5-18(20)26)23(30)27-12-16-10-11-19(31-16)14-6-8-15(24)9-7-14/h3-11,13,21H,12H2,1-2H3,(H,27,30)(H,28,29)/t21-/m0/s1. The van der Waals surface area contributed by atoms with Crippen molar-refractivity contribution in [2.75, 3.05) is 0 Å². The van der Waals surface area contributed by atoms with E-state index in [1.807, 2.05) is 24.3 Å². The second kappa shape index (κ2) is 9.87. The summed E-state index contributed by atoms with van der Waals surface area (Å²) in [4.78, 5) is 25.0. The predicted octanol–water partition coefficient (Wildman–Crippen LogP) is 5.06. The first-order chi connectivity index (χ1) is 14.8. The van der Waals surface area contributed by atoms with Crippen LogP contribution in [-0.4, -0.2) is 17.9 Å². The van der Waals surface area contributed by atoms with Crippen molar-refractivity contribution in [3.8, 4) is 11.3 Å². The minimum Gasteiger partial charge on any atom is -0.459 e. The van der Waals surface area contributed by atoms with Crippen LogP contribution in [0.4, 0.5) is 8.78 Å². The van der Waals surface area contributed by atoms with Crippen molar-refractivity contribution >= 4 is 27.7 Å². The molecule has 0 radical (unpaired) electrons. The number of hydrogen-bond donors (Lipinski definition) is 2. The highest BCUT2D eigenvalue weighted by Gasteiger charge is 2.27. The molecule has 1 aromatic heterocycles. The number of carbonyl (C=O) groups excluding carboxylic acids is 2.